The maximum atomic E-state index is 10.9. The topological polar surface area (TPSA) is 63.3 Å². The standard InChI is InChI=1S/C20H19NO3S/c1-3-14-4-10-17(11-5-14)25-12-18-13(2)24-19(21-18)15-6-8-16(9-7-15)20(22)23/h4-11H,3,12H2,1-2H3,(H,22,23). The molecule has 1 aromatic heterocycles. The van der Waals surface area contributed by atoms with Crippen molar-refractivity contribution < 1.29 is 14.3 Å². The lowest BCUT2D eigenvalue weighted by Crippen LogP contribution is -1.95. The molecule has 3 aromatic rings. The maximum Gasteiger partial charge on any atom is 0.335 e. The van der Waals surface area contributed by atoms with Crippen LogP contribution in [0.4, 0.5) is 0 Å². The summed E-state index contributed by atoms with van der Waals surface area (Å²) in [5, 5.41) is 8.96. The predicted octanol–water partition coefficient (Wildman–Crippen LogP) is 5.20. The fourth-order valence-corrected chi connectivity index (χ4v) is 3.31. The second-order valence-corrected chi connectivity index (χ2v) is 6.74. The third-order valence-electron chi connectivity index (χ3n) is 3.98. The summed E-state index contributed by atoms with van der Waals surface area (Å²) >= 11 is 1.72. The van der Waals surface area contributed by atoms with Crippen molar-refractivity contribution in [2.24, 2.45) is 0 Å². The van der Waals surface area contributed by atoms with Gasteiger partial charge in [0.2, 0.25) is 5.89 Å². The summed E-state index contributed by atoms with van der Waals surface area (Å²) in [5.41, 5.74) is 3.26. The monoisotopic (exact) mass is 353 g/mol. The zero-order chi connectivity index (χ0) is 17.8. The molecule has 1 N–H and O–H groups in total. The molecule has 0 aliphatic heterocycles. The molecule has 5 heteroatoms. The van der Waals surface area contributed by atoms with Crippen molar-refractivity contribution in [3.8, 4) is 11.5 Å². The first-order valence-electron chi connectivity index (χ1n) is 8.08. The summed E-state index contributed by atoms with van der Waals surface area (Å²) in [5.74, 6) is 1.09. The fraction of sp³-hybridized carbons (Fsp3) is 0.200. The van der Waals surface area contributed by atoms with Crippen LogP contribution >= 0.6 is 11.8 Å². The van der Waals surface area contributed by atoms with Crippen LogP contribution in [0.5, 0.6) is 0 Å². The molecule has 1 heterocycles. The number of benzene rings is 2. The highest BCUT2D eigenvalue weighted by Crippen LogP contribution is 2.28. The van der Waals surface area contributed by atoms with E-state index in [1.165, 1.54) is 10.5 Å². The summed E-state index contributed by atoms with van der Waals surface area (Å²) in [6.45, 7) is 4.05. The van der Waals surface area contributed by atoms with Gasteiger partial charge in [-0.15, -0.1) is 11.8 Å². The van der Waals surface area contributed by atoms with Gasteiger partial charge in [0.1, 0.15) is 5.76 Å². The Hall–Kier alpha value is -2.53. The van der Waals surface area contributed by atoms with Crippen molar-refractivity contribution in [3.63, 3.8) is 0 Å². The van der Waals surface area contributed by atoms with Gasteiger partial charge in [-0.05, 0) is 55.3 Å². The van der Waals surface area contributed by atoms with E-state index in [9.17, 15) is 4.79 Å². The number of nitrogens with zero attached hydrogens (tertiary/aromatic N) is 1. The minimum Gasteiger partial charge on any atom is -0.478 e. The molecular weight excluding hydrogens is 334 g/mol. The van der Waals surface area contributed by atoms with E-state index >= 15 is 0 Å². The van der Waals surface area contributed by atoms with Crippen LogP contribution in [0.15, 0.2) is 57.8 Å². The SMILES string of the molecule is CCc1ccc(SCc2nc(-c3ccc(C(=O)O)cc3)oc2C)cc1. The first kappa shape index (κ1) is 17.3. The van der Waals surface area contributed by atoms with Gasteiger partial charge >= 0.3 is 5.97 Å². The van der Waals surface area contributed by atoms with Crippen molar-refractivity contribution in [1.29, 1.82) is 0 Å². The summed E-state index contributed by atoms with van der Waals surface area (Å²) < 4.78 is 5.75. The number of aryl methyl sites for hydroxylation is 2. The van der Waals surface area contributed by atoms with Crippen LogP contribution in [0, 0.1) is 6.92 Å². The number of hydrogen-bond donors (Lipinski definition) is 1. The highest BCUT2D eigenvalue weighted by Gasteiger charge is 2.12. The highest BCUT2D eigenvalue weighted by atomic mass is 32.2. The molecule has 128 valence electrons. The second-order valence-electron chi connectivity index (χ2n) is 5.69. The van der Waals surface area contributed by atoms with Crippen LogP contribution in [0.2, 0.25) is 0 Å². The van der Waals surface area contributed by atoms with Gasteiger partial charge < -0.3 is 9.52 Å². The summed E-state index contributed by atoms with van der Waals surface area (Å²) in [7, 11) is 0. The lowest BCUT2D eigenvalue weighted by atomic mass is 10.1. The van der Waals surface area contributed by atoms with Gasteiger partial charge in [0, 0.05) is 16.2 Å². The van der Waals surface area contributed by atoms with Crippen LogP contribution in [-0.2, 0) is 12.2 Å². The van der Waals surface area contributed by atoms with E-state index in [2.05, 4.69) is 36.2 Å². The summed E-state index contributed by atoms with van der Waals surface area (Å²) in [6.07, 6.45) is 1.04. The highest BCUT2D eigenvalue weighted by molar-refractivity contribution is 7.98. The summed E-state index contributed by atoms with van der Waals surface area (Å²) in [4.78, 5) is 16.7. The van der Waals surface area contributed by atoms with Crippen molar-refractivity contribution >= 4 is 17.7 Å². The molecule has 0 aliphatic rings. The molecule has 0 saturated carbocycles. The minimum absolute atomic E-state index is 0.248. The Labute approximate surface area is 150 Å². The Morgan fingerprint density at radius 3 is 2.40 bits per heavy atom. The molecule has 4 nitrogen and oxygen atoms in total. The Balaban J connectivity index is 1.72. The molecule has 0 atom stereocenters. The van der Waals surface area contributed by atoms with Crippen molar-refractivity contribution in [2.45, 2.75) is 30.9 Å². The van der Waals surface area contributed by atoms with Crippen LogP contribution in [0.1, 0.15) is 34.3 Å². The molecule has 2 aromatic carbocycles. The molecule has 0 spiro atoms. The first-order chi connectivity index (χ1) is 12.1. The zero-order valence-electron chi connectivity index (χ0n) is 14.2. The number of carboxylic acid groups (broad SMARTS) is 1. The van der Waals surface area contributed by atoms with Crippen LogP contribution in [0.3, 0.4) is 0 Å². The van der Waals surface area contributed by atoms with Gasteiger partial charge in [0.15, 0.2) is 0 Å². The third-order valence-corrected chi connectivity index (χ3v) is 5.00. The lowest BCUT2D eigenvalue weighted by molar-refractivity contribution is 0.0697. The van der Waals surface area contributed by atoms with Crippen LogP contribution in [-0.4, -0.2) is 16.1 Å². The molecule has 0 radical (unpaired) electrons. The lowest BCUT2D eigenvalue weighted by Gasteiger charge is -2.01. The molecule has 3 rings (SSSR count). The van der Waals surface area contributed by atoms with E-state index in [1.54, 1.807) is 36.0 Å². The normalized spacial score (nSPS) is 10.8. The second kappa shape index (κ2) is 7.57. The number of thioether (sulfide) groups is 1. The Morgan fingerprint density at radius 1 is 1.12 bits per heavy atom. The quantitative estimate of drug-likeness (QED) is 0.617. The van der Waals surface area contributed by atoms with Crippen molar-refractivity contribution in [2.75, 3.05) is 0 Å². The molecular formula is C20H19NO3S. The number of hydrogen-bond acceptors (Lipinski definition) is 4. The fourth-order valence-electron chi connectivity index (χ4n) is 2.41. The van der Waals surface area contributed by atoms with Crippen molar-refractivity contribution in [3.05, 3.63) is 71.1 Å². The average molecular weight is 353 g/mol. The van der Waals surface area contributed by atoms with Gasteiger partial charge in [-0.25, -0.2) is 9.78 Å². The molecule has 0 saturated heterocycles. The van der Waals surface area contributed by atoms with E-state index in [4.69, 9.17) is 9.52 Å². The van der Waals surface area contributed by atoms with Crippen LogP contribution < -0.4 is 0 Å². The Morgan fingerprint density at radius 2 is 1.80 bits per heavy atom. The van der Waals surface area contributed by atoms with Gasteiger partial charge in [-0.2, -0.15) is 0 Å². The molecule has 0 unspecified atom stereocenters. The first-order valence-corrected chi connectivity index (χ1v) is 9.07. The van der Waals surface area contributed by atoms with Gasteiger partial charge in [-0.1, -0.05) is 19.1 Å². The molecule has 0 fully saturated rings. The number of aromatic carboxylic acids is 1. The molecule has 25 heavy (non-hydrogen) atoms. The Bertz CT molecular complexity index is 867. The van der Waals surface area contributed by atoms with Gasteiger partial charge in [-0.3, -0.25) is 0 Å². The van der Waals surface area contributed by atoms with E-state index in [0.29, 0.717) is 5.89 Å². The average Bonchev–Trinajstić information content (AvgIpc) is 3.01. The number of carboxylic acids is 1. The zero-order valence-corrected chi connectivity index (χ0v) is 15.0. The maximum absolute atomic E-state index is 10.9. The summed E-state index contributed by atoms with van der Waals surface area (Å²) in [6, 6.07) is 15.1. The van der Waals surface area contributed by atoms with E-state index in [0.717, 1.165) is 29.2 Å². The third kappa shape index (κ3) is 4.12. The van der Waals surface area contributed by atoms with Crippen LogP contribution in [0.25, 0.3) is 11.5 Å². The minimum atomic E-state index is -0.943. The van der Waals surface area contributed by atoms with E-state index in [-0.39, 0.29) is 5.56 Å². The molecule has 0 aliphatic carbocycles. The van der Waals surface area contributed by atoms with Crippen molar-refractivity contribution in [1.82, 2.24) is 4.98 Å². The largest absolute Gasteiger partial charge is 0.478 e. The number of carbonyl (C=O) groups is 1. The molecule has 0 amide bonds. The molecule has 0 bridgehead atoms. The number of rotatable bonds is 6. The number of aromatic nitrogens is 1. The van der Waals surface area contributed by atoms with Gasteiger partial charge in [0.25, 0.3) is 0 Å². The Kier molecular flexibility index (Phi) is 5.24. The predicted molar refractivity (Wildman–Crippen MR) is 99.0 cm³/mol. The number of oxazole rings is 1. The van der Waals surface area contributed by atoms with E-state index < -0.39 is 5.97 Å². The van der Waals surface area contributed by atoms with E-state index in [1.807, 2.05) is 6.92 Å². The smallest absolute Gasteiger partial charge is 0.335 e. The van der Waals surface area contributed by atoms with Gasteiger partial charge in [0.05, 0.1) is 11.3 Å².